The number of aromatic nitrogens is 5. The van der Waals surface area contributed by atoms with Crippen LogP contribution in [0.15, 0.2) is 40.9 Å². The minimum Gasteiger partial charge on any atom is -0.420 e. The van der Waals surface area contributed by atoms with Gasteiger partial charge in [0.2, 0.25) is 11.8 Å². The van der Waals surface area contributed by atoms with Gasteiger partial charge in [-0.15, -0.1) is 10.2 Å². The summed E-state index contributed by atoms with van der Waals surface area (Å²) in [5.41, 5.74) is 4.11. The van der Waals surface area contributed by atoms with Crippen LogP contribution in [0, 0.1) is 13.8 Å². The summed E-state index contributed by atoms with van der Waals surface area (Å²) in [6.45, 7) is 5.05. The third kappa shape index (κ3) is 3.26. The summed E-state index contributed by atoms with van der Waals surface area (Å²) >= 11 is 0. The van der Waals surface area contributed by atoms with E-state index in [-0.39, 0.29) is 11.8 Å². The van der Waals surface area contributed by atoms with Crippen molar-refractivity contribution in [1.82, 2.24) is 30.0 Å². The molecule has 5 rings (SSSR count). The van der Waals surface area contributed by atoms with Gasteiger partial charge in [0.25, 0.3) is 5.91 Å². The number of benzene rings is 1. The van der Waals surface area contributed by atoms with Crippen LogP contribution in [0.25, 0.3) is 22.5 Å². The quantitative estimate of drug-likeness (QED) is 0.578. The van der Waals surface area contributed by atoms with Gasteiger partial charge in [0.1, 0.15) is 5.82 Å². The number of aromatic amines is 1. The number of fused-ring (bicyclic) bond motifs is 1. The standard InChI is InChI=1S/C21H20N6O2/c1-12-3-4-15(10-22-12)19-25-26-20(29-19)16-7-8-27(11-16)21(28)14-5-6-17-18(9-14)24-13(2)23-17/h3-6,9-10,16H,7-8,11H2,1-2H3,(H,23,24)/t16-/m1/s1. The van der Waals surface area contributed by atoms with E-state index in [0.717, 1.165) is 34.5 Å². The number of amides is 1. The van der Waals surface area contributed by atoms with Crippen LogP contribution in [0.5, 0.6) is 0 Å². The fourth-order valence-electron chi connectivity index (χ4n) is 3.71. The number of pyridine rings is 1. The van der Waals surface area contributed by atoms with Crippen LogP contribution in [0.2, 0.25) is 0 Å². The van der Waals surface area contributed by atoms with Crippen LogP contribution in [0.1, 0.15) is 40.1 Å². The predicted octanol–water partition coefficient (Wildman–Crippen LogP) is 3.25. The summed E-state index contributed by atoms with van der Waals surface area (Å²) in [6, 6.07) is 9.39. The Morgan fingerprint density at radius 2 is 2.10 bits per heavy atom. The lowest BCUT2D eigenvalue weighted by Gasteiger charge is -2.15. The van der Waals surface area contributed by atoms with E-state index in [0.29, 0.717) is 30.4 Å². The number of hydrogen-bond donors (Lipinski definition) is 1. The highest BCUT2D eigenvalue weighted by Crippen LogP contribution is 2.29. The van der Waals surface area contributed by atoms with Crippen molar-refractivity contribution < 1.29 is 9.21 Å². The molecule has 8 nitrogen and oxygen atoms in total. The summed E-state index contributed by atoms with van der Waals surface area (Å²) in [5.74, 6) is 1.90. The van der Waals surface area contributed by atoms with E-state index in [1.807, 2.05) is 49.1 Å². The number of imidazole rings is 1. The Labute approximate surface area is 167 Å². The van der Waals surface area contributed by atoms with Crippen molar-refractivity contribution in [2.24, 2.45) is 0 Å². The summed E-state index contributed by atoms with van der Waals surface area (Å²) in [6.07, 6.45) is 2.52. The first-order valence-corrected chi connectivity index (χ1v) is 9.59. The number of nitrogens with zero attached hydrogens (tertiary/aromatic N) is 5. The van der Waals surface area contributed by atoms with E-state index < -0.39 is 0 Å². The minimum absolute atomic E-state index is 0.00382. The van der Waals surface area contributed by atoms with Gasteiger partial charge in [0.15, 0.2) is 0 Å². The second kappa shape index (κ2) is 6.80. The number of H-pyrrole nitrogens is 1. The van der Waals surface area contributed by atoms with Crippen LogP contribution >= 0.6 is 0 Å². The molecule has 0 radical (unpaired) electrons. The van der Waals surface area contributed by atoms with Crippen molar-refractivity contribution in [1.29, 1.82) is 0 Å². The largest absolute Gasteiger partial charge is 0.420 e. The average Bonchev–Trinajstić information content (AvgIpc) is 3.45. The molecule has 0 aliphatic carbocycles. The SMILES string of the molecule is Cc1ccc(-c2nnc([C@@H]3CCN(C(=O)c4ccc5nc(C)[nH]c5c4)C3)o2)cn1. The molecule has 0 spiro atoms. The molecule has 1 atom stereocenters. The molecule has 3 aromatic heterocycles. The van der Waals surface area contributed by atoms with Gasteiger partial charge in [0, 0.05) is 30.5 Å². The Balaban J connectivity index is 1.31. The highest BCUT2D eigenvalue weighted by molar-refractivity contribution is 5.97. The molecule has 1 aliphatic heterocycles. The van der Waals surface area contributed by atoms with Gasteiger partial charge in [-0.05, 0) is 50.6 Å². The zero-order valence-electron chi connectivity index (χ0n) is 16.2. The first kappa shape index (κ1) is 17.5. The Kier molecular flexibility index (Phi) is 4.12. The third-order valence-electron chi connectivity index (χ3n) is 5.27. The highest BCUT2D eigenvalue weighted by atomic mass is 16.4. The molecule has 1 N–H and O–H groups in total. The maximum absolute atomic E-state index is 12.9. The van der Waals surface area contributed by atoms with Crippen LogP contribution in [0.4, 0.5) is 0 Å². The lowest BCUT2D eigenvalue weighted by molar-refractivity contribution is 0.0790. The summed E-state index contributed by atoms with van der Waals surface area (Å²) < 4.78 is 5.87. The minimum atomic E-state index is 0.00382. The molecule has 29 heavy (non-hydrogen) atoms. The van der Waals surface area contributed by atoms with E-state index in [4.69, 9.17) is 4.42 Å². The number of hydrogen-bond acceptors (Lipinski definition) is 6. The molecule has 1 aliphatic rings. The summed E-state index contributed by atoms with van der Waals surface area (Å²) in [4.78, 5) is 26.6. The van der Waals surface area contributed by atoms with E-state index in [1.165, 1.54) is 0 Å². The van der Waals surface area contributed by atoms with Gasteiger partial charge in [-0.3, -0.25) is 9.78 Å². The lowest BCUT2D eigenvalue weighted by Crippen LogP contribution is -2.28. The number of rotatable bonds is 3. The normalized spacial score (nSPS) is 16.6. The molecule has 1 saturated heterocycles. The van der Waals surface area contributed by atoms with Gasteiger partial charge >= 0.3 is 0 Å². The molecule has 0 bridgehead atoms. The monoisotopic (exact) mass is 388 g/mol. The first-order chi connectivity index (χ1) is 14.1. The lowest BCUT2D eigenvalue weighted by atomic mass is 10.1. The Hall–Kier alpha value is -3.55. The number of nitrogens with one attached hydrogen (secondary N) is 1. The van der Waals surface area contributed by atoms with Gasteiger partial charge in [0.05, 0.1) is 22.5 Å². The van der Waals surface area contributed by atoms with Gasteiger partial charge in [-0.25, -0.2) is 4.98 Å². The Morgan fingerprint density at radius 3 is 2.93 bits per heavy atom. The molecule has 0 saturated carbocycles. The van der Waals surface area contributed by atoms with Crippen molar-refractivity contribution in [2.45, 2.75) is 26.2 Å². The van der Waals surface area contributed by atoms with Crippen LogP contribution in [-0.4, -0.2) is 49.0 Å². The second-order valence-electron chi connectivity index (χ2n) is 7.42. The van der Waals surface area contributed by atoms with Crippen LogP contribution in [0.3, 0.4) is 0 Å². The zero-order chi connectivity index (χ0) is 20.0. The van der Waals surface area contributed by atoms with E-state index >= 15 is 0 Å². The number of carbonyl (C=O) groups excluding carboxylic acids is 1. The van der Waals surface area contributed by atoms with Gasteiger partial charge in [-0.1, -0.05) is 0 Å². The number of aryl methyl sites for hydroxylation is 2. The van der Waals surface area contributed by atoms with Crippen molar-refractivity contribution in [3.63, 3.8) is 0 Å². The van der Waals surface area contributed by atoms with Crippen LogP contribution < -0.4 is 0 Å². The molecule has 8 heteroatoms. The maximum Gasteiger partial charge on any atom is 0.253 e. The highest BCUT2D eigenvalue weighted by Gasteiger charge is 2.31. The third-order valence-corrected chi connectivity index (χ3v) is 5.27. The zero-order valence-corrected chi connectivity index (χ0v) is 16.2. The van der Waals surface area contributed by atoms with Crippen LogP contribution in [-0.2, 0) is 0 Å². The van der Waals surface area contributed by atoms with Crippen molar-refractivity contribution >= 4 is 16.9 Å². The number of likely N-dealkylation sites (tertiary alicyclic amines) is 1. The Morgan fingerprint density at radius 1 is 1.21 bits per heavy atom. The van der Waals surface area contributed by atoms with Gasteiger partial charge in [-0.2, -0.15) is 0 Å². The molecule has 4 heterocycles. The van der Waals surface area contributed by atoms with E-state index in [2.05, 4.69) is 25.1 Å². The van der Waals surface area contributed by atoms with E-state index in [9.17, 15) is 4.79 Å². The summed E-state index contributed by atoms with van der Waals surface area (Å²) in [5, 5.41) is 8.37. The number of carbonyl (C=O) groups is 1. The average molecular weight is 388 g/mol. The maximum atomic E-state index is 12.9. The Bertz CT molecular complexity index is 1190. The molecular formula is C21H20N6O2. The molecule has 0 unspecified atom stereocenters. The molecule has 4 aromatic rings. The topological polar surface area (TPSA) is 101 Å². The molecule has 146 valence electrons. The molecule has 1 fully saturated rings. The molecule has 1 amide bonds. The van der Waals surface area contributed by atoms with E-state index in [1.54, 1.807) is 6.20 Å². The van der Waals surface area contributed by atoms with Gasteiger partial charge < -0.3 is 14.3 Å². The smallest absolute Gasteiger partial charge is 0.253 e. The fraction of sp³-hybridized carbons (Fsp3) is 0.286. The molecular weight excluding hydrogens is 368 g/mol. The second-order valence-corrected chi connectivity index (χ2v) is 7.42. The van der Waals surface area contributed by atoms with Crippen molar-refractivity contribution in [3.8, 4) is 11.5 Å². The fourth-order valence-corrected chi connectivity index (χ4v) is 3.71. The van der Waals surface area contributed by atoms with Crippen molar-refractivity contribution in [2.75, 3.05) is 13.1 Å². The summed E-state index contributed by atoms with van der Waals surface area (Å²) in [7, 11) is 0. The predicted molar refractivity (Wildman–Crippen MR) is 106 cm³/mol. The first-order valence-electron chi connectivity index (χ1n) is 9.59. The molecule has 1 aromatic carbocycles. The van der Waals surface area contributed by atoms with Crippen molar-refractivity contribution in [3.05, 3.63) is 59.5 Å².